The summed E-state index contributed by atoms with van der Waals surface area (Å²) >= 11 is 6.06. The molecule has 0 saturated heterocycles. The van der Waals surface area contributed by atoms with E-state index < -0.39 is 4.92 Å². The average molecular weight is 307 g/mol. The number of hydrogen-bond acceptors (Lipinski definition) is 5. The van der Waals surface area contributed by atoms with Crippen molar-refractivity contribution in [3.63, 3.8) is 0 Å². The van der Waals surface area contributed by atoms with E-state index in [0.717, 1.165) is 5.56 Å². The zero-order valence-corrected chi connectivity index (χ0v) is 12.5. The van der Waals surface area contributed by atoms with Gasteiger partial charge in [0.1, 0.15) is 16.8 Å². The summed E-state index contributed by atoms with van der Waals surface area (Å²) in [4.78, 5) is 19.1. The Bertz CT molecular complexity index is 676. The summed E-state index contributed by atoms with van der Waals surface area (Å²) in [6.45, 7) is 4.05. The molecule has 6 nitrogen and oxygen atoms in total. The molecule has 1 aromatic carbocycles. The van der Waals surface area contributed by atoms with Crippen molar-refractivity contribution >= 4 is 23.1 Å². The van der Waals surface area contributed by atoms with E-state index >= 15 is 0 Å². The molecular weight excluding hydrogens is 292 g/mol. The molecule has 0 radical (unpaired) electrons. The Kier molecular flexibility index (Phi) is 4.70. The number of anilines is 1. The molecule has 1 heterocycles. The predicted molar refractivity (Wildman–Crippen MR) is 81.6 cm³/mol. The highest BCUT2D eigenvalue weighted by molar-refractivity contribution is 6.30. The standard InChI is InChI=1S/C14H15ClN4O2/c1-3-12-17-13(15)9(2)14(18-12)16-8-10-6-4-5-7-11(10)19(20)21/h4-7H,3,8H2,1-2H3,(H,16,17,18). The van der Waals surface area contributed by atoms with E-state index in [0.29, 0.717) is 35.3 Å². The topological polar surface area (TPSA) is 81.0 Å². The minimum absolute atomic E-state index is 0.0820. The van der Waals surface area contributed by atoms with E-state index in [1.807, 2.05) is 13.8 Å². The van der Waals surface area contributed by atoms with Gasteiger partial charge in [0.2, 0.25) is 0 Å². The quantitative estimate of drug-likeness (QED) is 0.519. The van der Waals surface area contributed by atoms with Gasteiger partial charge in [-0.3, -0.25) is 10.1 Å². The van der Waals surface area contributed by atoms with Crippen LogP contribution >= 0.6 is 11.6 Å². The van der Waals surface area contributed by atoms with Crippen LogP contribution in [-0.4, -0.2) is 14.9 Å². The number of para-hydroxylation sites is 1. The van der Waals surface area contributed by atoms with Gasteiger partial charge in [0.25, 0.3) is 5.69 Å². The van der Waals surface area contributed by atoms with E-state index in [4.69, 9.17) is 11.6 Å². The van der Waals surface area contributed by atoms with Gasteiger partial charge in [0.15, 0.2) is 0 Å². The number of benzene rings is 1. The Hall–Kier alpha value is -2.21. The Labute approximate surface area is 127 Å². The summed E-state index contributed by atoms with van der Waals surface area (Å²) in [5, 5.41) is 14.5. The first-order valence-electron chi connectivity index (χ1n) is 6.52. The fourth-order valence-electron chi connectivity index (χ4n) is 1.88. The van der Waals surface area contributed by atoms with Crippen molar-refractivity contribution in [1.82, 2.24) is 9.97 Å². The van der Waals surface area contributed by atoms with E-state index in [2.05, 4.69) is 15.3 Å². The number of halogens is 1. The van der Waals surface area contributed by atoms with Gasteiger partial charge in [-0.05, 0) is 6.92 Å². The van der Waals surface area contributed by atoms with Gasteiger partial charge < -0.3 is 5.32 Å². The van der Waals surface area contributed by atoms with Crippen molar-refractivity contribution < 1.29 is 4.92 Å². The van der Waals surface area contributed by atoms with Crippen LogP contribution in [0.15, 0.2) is 24.3 Å². The smallest absolute Gasteiger partial charge is 0.274 e. The molecule has 0 atom stereocenters. The number of hydrogen-bond donors (Lipinski definition) is 1. The monoisotopic (exact) mass is 306 g/mol. The van der Waals surface area contributed by atoms with Crippen LogP contribution in [0, 0.1) is 17.0 Å². The highest BCUT2D eigenvalue weighted by Crippen LogP contribution is 2.23. The lowest BCUT2D eigenvalue weighted by Crippen LogP contribution is -2.08. The Balaban J connectivity index is 2.25. The van der Waals surface area contributed by atoms with Gasteiger partial charge >= 0.3 is 0 Å². The second-order valence-corrected chi connectivity index (χ2v) is 4.86. The zero-order chi connectivity index (χ0) is 15.4. The number of nitro benzene ring substituents is 1. The number of nitrogens with zero attached hydrogens (tertiary/aromatic N) is 3. The lowest BCUT2D eigenvalue weighted by atomic mass is 10.2. The van der Waals surface area contributed by atoms with Crippen molar-refractivity contribution in [3.05, 3.63) is 56.5 Å². The molecular formula is C14H15ClN4O2. The van der Waals surface area contributed by atoms with Gasteiger partial charge in [-0.1, -0.05) is 36.7 Å². The first kappa shape index (κ1) is 15.2. The van der Waals surface area contributed by atoms with E-state index in [9.17, 15) is 10.1 Å². The third kappa shape index (κ3) is 3.46. The lowest BCUT2D eigenvalue weighted by molar-refractivity contribution is -0.385. The Morgan fingerprint density at radius 1 is 1.33 bits per heavy atom. The molecule has 0 aliphatic carbocycles. The van der Waals surface area contributed by atoms with Crippen LogP contribution < -0.4 is 5.32 Å². The van der Waals surface area contributed by atoms with Crippen molar-refractivity contribution in [2.45, 2.75) is 26.8 Å². The van der Waals surface area contributed by atoms with E-state index in [1.54, 1.807) is 18.2 Å². The maximum atomic E-state index is 11.0. The molecule has 0 aliphatic heterocycles. The molecule has 1 aromatic heterocycles. The Morgan fingerprint density at radius 2 is 2.05 bits per heavy atom. The van der Waals surface area contributed by atoms with Crippen LogP contribution in [0.25, 0.3) is 0 Å². The zero-order valence-electron chi connectivity index (χ0n) is 11.8. The number of aromatic nitrogens is 2. The highest BCUT2D eigenvalue weighted by Gasteiger charge is 2.13. The first-order chi connectivity index (χ1) is 10.0. The minimum atomic E-state index is -0.395. The van der Waals surface area contributed by atoms with Gasteiger partial charge in [-0.25, -0.2) is 9.97 Å². The highest BCUT2D eigenvalue weighted by atomic mass is 35.5. The number of aryl methyl sites for hydroxylation is 1. The second-order valence-electron chi connectivity index (χ2n) is 4.50. The van der Waals surface area contributed by atoms with Gasteiger partial charge in [-0.15, -0.1) is 0 Å². The third-order valence-electron chi connectivity index (χ3n) is 3.08. The number of nitrogens with one attached hydrogen (secondary N) is 1. The molecule has 110 valence electrons. The maximum Gasteiger partial charge on any atom is 0.274 e. The third-order valence-corrected chi connectivity index (χ3v) is 3.45. The number of nitro groups is 1. The Morgan fingerprint density at radius 3 is 2.71 bits per heavy atom. The molecule has 0 spiro atoms. The van der Waals surface area contributed by atoms with Gasteiger partial charge in [-0.2, -0.15) is 0 Å². The van der Waals surface area contributed by atoms with Crippen molar-refractivity contribution in [1.29, 1.82) is 0 Å². The molecule has 1 N–H and O–H groups in total. The molecule has 7 heteroatoms. The van der Waals surface area contributed by atoms with Gasteiger partial charge in [0, 0.05) is 30.2 Å². The van der Waals surface area contributed by atoms with Crippen LogP contribution in [0.3, 0.4) is 0 Å². The predicted octanol–water partition coefficient (Wildman–Crippen LogP) is 3.52. The normalized spacial score (nSPS) is 10.4. The molecule has 0 saturated carbocycles. The summed E-state index contributed by atoms with van der Waals surface area (Å²) in [6.07, 6.45) is 0.667. The summed E-state index contributed by atoms with van der Waals surface area (Å²) in [6, 6.07) is 6.60. The molecule has 0 fully saturated rings. The van der Waals surface area contributed by atoms with Gasteiger partial charge in [0.05, 0.1) is 4.92 Å². The summed E-state index contributed by atoms with van der Waals surface area (Å²) in [5.74, 6) is 1.24. The molecule has 2 rings (SSSR count). The SMILES string of the molecule is CCc1nc(Cl)c(C)c(NCc2ccccc2[N+](=O)[O-])n1. The van der Waals surface area contributed by atoms with Crippen molar-refractivity contribution in [2.75, 3.05) is 5.32 Å². The van der Waals surface area contributed by atoms with Crippen LogP contribution in [0.1, 0.15) is 23.9 Å². The van der Waals surface area contributed by atoms with Crippen molar-refractivity contribution in [3.8, 4) is 0 Å². The van der Waals surface area contributed by atoms with Crippen LogP contribution in [0.4, 0.5) is 11.5 Å². The van der Waals surface area contributed by atoms with Crippen molar-refractivity contribution in [2.24, 2.45) is 0 Å². The second kappa shape index (κ2) is 6.49. The van der Waals surface area contributed by atoms with Crippen LogP contribution in [0.5, 0.6) is 0 Å². The molecule has 2 aromatic rings. The summed E-state index contributed by atoms with van der Waals surface area (Å²) in [7, 11) is 0. The minimum Gasteiger partial charge on any atom is -0.365 e. The summed E-state index contributed by atoms with van der Waals surface area (Å²) in [5.41, 5.74) is 1.40. The molecule has 0 aliphatic rings. The fourth-order valence-corrected chi connectivity index (χ4v) is 2.07. The van der Waals surface area contributed by atoms with E-state index in [-0.39, 0.29) is 5.69 Å². The average Bonchev–Trinajstić information content (AvgIpc) is 2.48. The lowest BCUT2D eigenvalue weighted by Gasteiger charge is -2.11. The summed E-state index contributed by atoms with van der Waals surface area (Å²) < 4.78 is 0. The molecule has 0 bridgehead atoms. The number of rotatable bonds is 5. The molecule has 0 amide bonds. The van der Waals surface area contributed by atoms with E-state index in [1.165, 1.54) is 6.07 Å². The molecule has 0 unspecified atom stereocenters. The van der Waals surface area contributed by atoms with Crippen LogP contribution in [0.2, 0.25) is 5.15 Å². The first-order valence-corrected chi connectivity index (χ1v) is 6.90. The largest absolute Gasteiger partial charge is 0.365 e. The fraction of sp³-hybridized carbons (Fsp3) is 0.286. The van der Waals surface area contributed by atoms with Crippen LogP contribution in [-0.2, 0) is 13.0 Å². The maximum absolute atomic E-state index is 11.0. The molecule has 21 heavy (non-hydrogen) atoms.